The number of hydrogen-bond acceptors (Lipinski definition) is 5. The molecule has 1 unspecified atom stereocenters. The number of imidazole rings is 2. The number of thioether (sulfide) groups is 1. The molecule has 1 aliphatic heterocycles. The molecule has 158 valence electrons. The quantitative estimate of drug-likeness (QED) is 0.638. The van der Waals surface area contributed by atoms with E-state index in [0.29, 0.717) is 13.1 Å². The Bertz CT molecular complexity index is 959. The number of aryl methyl sites for hydroxylation is 1. The molecule has 0 spiro atoms. The van der Waals surface area contributed by atoms with Gasteiger partial charge < -0.3 is 19.4 Å². The van der Waals surface area contributed by atoms with Gasteiger partial charge in [0.25, 0.3) is 0 Å². The number of nitrogens with one attached hydrogen (secondary N) is 1. The average Bonchev–Trinajstić information content (AvgIpc) is 3.26. The Morgan fingerprint density at radius 3 is 2.83 bits per heavy atom. The number of fused-ring (bicyclic) bond motifs is 1. The first-order valence-electron chi connectivity index (χ1n) is 9.09. The molecule has 10 heteroatoms. The van der Waals surface area contributed by atoms with Crippen LogP contribution in [0.3, 0.4) is 0 Å². The van der Waals surface area contributed by atoms with Crippen molar-refractivity contribution in [2.24, 2.45) is 7.05 Å². The molecule has 1 amide bonds. The van der Waals surface area contributed by atoms with Crippen molar-refractivity contribution in [3.05, 3.63) is 48.3 Å². The Labute approximate surface area is 187 Å². The van der Waals surface area contributed by atoms with Crippen molar-refractivity contribution in [2.45, 2.75) is 18.3 Å². The first kappa shape index (κ1) is 23.5. The van der Waals surface area contributed by atoms with E-state index in [1.54, 1.807) is 18.0 Å². The smallest absolute Gasteiger partial charge is 0.243 e. The number of benzene rings is 1. The zero-order valence-corrected chi connectivity index (χ0v) is 18.9. The number of nitrogens with zero attached hydrogens (tertiary/aromatic N) is 5. The predicted octanol–water partition coefficient (Wildman–Crippen LogP) is 2.65. The fourth-order valence-electron chi connectivity index (χ4n) is 3.70. The second kappa shape index (κ2) is 10.3. The molecule has 0 aliphatic carbocycles. The van der Waals surface area contributed by atoms with Crippen molar-refractivity contribution in [3.63, 3.8) is 0 Å². The van der Waals surface area contributed by atoms with Crippen molar-refractivity contribution in [3.8, 4) is 0 Å². The number of carbonyl (C=O) groups excluding carboxylic acids is 1. The van der Waals surface area contributed by atoms with E-state index in [-0.39, 0.29) is 36.8 Å². The lowest BCUT2D eigenvalue weighted by Crippen LogP contribution is -2.50. The highest BCUT2D eigenvalue weighted by atomic mass is 35.5. The van der Waals surface area contributed by atoms with Gasteiger partial charge in [-0.25, -0.2) is 9.97 Å². The van der Waals surface area contributed by atoms with Crippen LogP contribution < -0.4 is 5.32 Å². The molecule has 4 rings (SSSR count). The van der Waals surface area contributed by atoms with E-state index in [0.717, 1.165) is 41.5 Å². The van der Waals surface area contributed by atoms with Gasteiger partial charge in [-0.15, -0.1) is 24.8 Å². The number of hydrogen-bond donors (Lipinski definition) is 1. The van der Waals surface area contributed by atoms with Crippen molar-refractivity contribution >= 4 is 53.5 Å². The van der Waals surface area contributed by atoms with Gasteiger partial charge in [0.2, 0.25) is 5.91 Å². The van der Waals surface area contributed by atoms with Crippen LogP contribution in [0.5, 0.6) is 0 Å². The zero-order valence-electron chi connectivity index (χ0n) is 16.4. The lowest BCUT2D eigenvalue weighted by molar-refractivity contribution is -0.135. The summed E-state index contributed by atoms with van der Waals surface area (Å²) in [6, 6.07) is 7.97. The summed E-state index contributed by atoms with van der Waals surface area (Å²) in [7, 11) is 1.97. The van der Waals surface area contributed by atoms with Gasteiger partial charge in [-0.05, 0) is 18.4 Å². The lowest BCUT2D eigenvalue weighted by atomic mass is 10.1. The van der Waals surface area contributed by atoms with Crippen molar-refractivity contribution in [1.82, 2.24) is 29.3 Å². The molecule has 1 aliphatic rings. The molecule has 1 aromatic carbocycles. The van der Waals surface area contributed by atoms with Crippen LogP contribution in [-0.2, 0) is 24.1 Å². The van der Waals surface area contributed by atoms with E-state index in [1.807, 2.05) is 47.0 Å². The number of aromatic nitrogens is 4. The third-order valence-electron chi connectivity index (χ3n) is 5.02. The van der Waals surface area contributed by atoms with Crippen LogP contribution in [-0.4, -0.2) is 55.8 Å². The number of piperazine rings is 1. The normalized spacial score (nSPS) is 16.3. The van der Waals surface area contributed by atoms with Crippen LogP contribution >= 0.6 is 36.6 Å². The largest absolute Gasteiger partial charge is 0.336 e. The molecule has 7 nitrogen and oxygen atoms in total. The minimum Gasteiger partial charge on any atom is -0.336 e. The number of halogens is 2. The van der Waals surface area contributed by atoms with Gasteiger partial charge >= 0.3 is 0 Å². The molecule has 3 aromatic rings. The van der Waals surface area contributed by atoms with Crippen LogP contribution in [0.25, 0.3) is 11.0 Å². The van der Waals surface area contributed by atoms with E-state index in [4.69, 9.17) is 4.98 Å². The van der Waals surface area contributed by atoms with Gasteiger partial charge in [0.1, 0.15) is 24.2 Å². The van der Waals surface area contributed by atoms with Crippen LogP contribution in [0.4, 0.5) is 0 Å². The average molecular weight is 457 g/mol. The summed E-state index contributed by atoms with van der Waals surface area (Å²) in [6.45, 7) is 2.51. The summed E-state index contributed by atoms with van der Waals surface area (Å²) >= 11 is 1.72. The molecule has 1 fully saturated rings. The standard InChI is InChI=1S/C19H24N6OS.2ClH/c1-23-9-8-21-19(23)16-11-20-7-10-24(16)18(26)12-25-15-6-4-3-5-14(15)22-17(25)13-27-2;;/h3-6,8-9,16,20H,7,10-13H2,1-2H3;2*1H. The summed E-state index contributed by atoms with van der Waals surface area (Å²) in [5.74, 6) is 2.75. The molecular formula is C19H26Cl2N6OS. The van der Waals surface area contributed by atoms with E-state index in [1.165, 1.54) is 0 Å². The molecule has 29 heavy (non-hydrogen) atoms. The highest BCUT2D eigenvalue weighted by Gasteiger charge is 2.31. The first-order chi connectivity index (χ1) is 13.2. The van der Waals surface area contributed by atoms with Crippen LogP contribution in [0, 0.1) is 0 Å². The second-order valence-electron chi connectivity index (χ2n) is 6.74. The highest BCUT2D eigenvalue weighted by Crippen LogP contribution is 2.23. The topological polar surface area (TPSA) is 68.0 Å². The molecule has 0 bridgehead atoms. The Hall–Kier alpha value is -1.74. The molecule has 0 radical (unpaired) electrons. The van der Waals surface area contributed by atoms with Crippen molar-refractivity contribution < 1.29 is 4.79 Å². The maximum Gasteiger partial charge on any atom is 0.243 e. The maximum absolute atomic E-state index is 13.3. The van der Waals surface area contributed by atoms with Gasteiger partial charge in [-0.2, -0.15) is 11.8 Å². The van der Waals surface area contributed by atoms with E-state index >= 15 is 0 Å². The monoisotopic (exact) mass is 456 g/mol. The first-order valence-corrected chi connectivity index (χ1v) is 10.5. The third-order valence-corrected chi connectivity index (χ3v) is 5.57. The summed E-state index contributed by atoms with van der Waals surface area (Å²) in [4.78, 5) is 24.4. The fourth-order valence-corrected chi connectivity index (χ4v) is 4.18. The summed E-state index contributed by atoms with van der Waals surface area (Å²) < 4.78 is 4.05. The second-order valence-corrected chi connectivity index (χ2v) is 7.61. The van der Waals surface area contributed by atoms with Crippen LogP contribution in [0.15, 0.2) is 36.7 Å². The Morgan fingerprint density at radius 2 is 2.10 bits per heavy atom. The number of rotatable bonds is 5. The molecule has 0 saturated carbocycles. The highest BCUT2D eigenvalue weighted by molar-refractivity contribution is 7.97. The van der Waals surface area contributed by atoms with Crippen molar-refractivity contribution in [2.75, 3.05) is 25.9 Å². The predicted molar refractivity (Wildman–Crippen MR) is 122 cm³/mol. The van der Waals surface area contributed by atoms with Gasteiger partial charge in [0.15, 0.2) is 0 Å². The summed E-state index contributed by atoms with van der Waals surface area (Å²) in [6.07, 6.45) is 5.76. The molecular weight excluding hydrogens is 431 g/mol. The number of amides is 1. The van der Waals surface area contributed by atoms with Gasteiger partial charge in [0, 0.05) is 39.1 Å². The molecule has 1 saturated heterocycles. The molecule has 1 atom stereocenters. The Morgan fingerprint density at radius 1 is 1.31 bits per heavy atom. The lowest BCUT2D eigenvalue weighted by Gasteiger charge is -2.36. The minimum atomic E-state index is -0.0509. The SMILES string of the molecule is CSCc1nc2ccccc2n1CC(=O)N1CCNCC1c1nccn1C.Cl.Cl. The van der Waals surface area contributed by atoms with Crippen LogP contribution in [0.2, 0.25) is 0 Å². The summed E-state index contributed by atoms with van der Waals surface area (Å²) in [5.41, 5.74) is 1.95. The molecule has 2 aromatic heterocycles. The fraction of sp³-hybridized carbons (Fsp3) is 0.421. The Balaban J connectivity index is 0.00000150. The van der Waals surface area contributed by atoms with Crippen LogP contribution in [0.1, 0.15) is 17.7 Å². The van der Waals surface area contributed by atoms with Gasteiger partial charge in [-0.3, -0.25) is 4.79 Å². The number of carbonyl (C=O) groups is 1. The molecule has 1 N–H and O–H groups in total. The summed E-state index contributed by atoms with van der Waals surface area (Å²) in [5, 5.41) is 3.39. The third kappa shape index (κ3) is 4.71. The van der Waals surface area contributed by atoms with E-state index < -0.39 is 0 Å². The van der Waals surface area contributed by atoms with Gasteiger partial charge in [-0.1, -0.05) is 12.1 Å². The van der Waals surface area contributed by atoms with E-state index in [9.17, 15) is 4.79 Å². The molecule has 3 heterocycles. The minimum absolute atomic E-state index is 0. The Kier molecular flexibility index (Phi) is 8.39. The van der Waals surface area contributed by atoms with Crippen molar-refractivity contribution in [1.29, 1.82) is 0 Å². The number of para-hydroxylation sites is 2. The van der Waals surface area contributed by atoms with E-state index in [2.05, 4.69) is 21.1 Å². The zero-order chi connectivity index (χ0) is 18.8. The van der Waals surface area contributed by atoms with Gasteiger partial charge in [0.05, 0.1) is 16.8 Å². The maximum atomic E-state index is 13.3.